The van der Waals surface area contributed by atoms with E-state index in [1.54, 1.807) is 0 Å². The quantitative estimate of drug-likeness (QED) is 0.423. The Labute approximate surface area is 124 Å². The van der Waals surface area contributed by atoms with Gasteiger partial charge in [-0.2, -0.15) is 0 Å². The third kappa shape index (κ3) is 2.13. The van der Waals surface area contributed by atoms with Crippen molar-refractivity contribution in [3.63, 3.8) is 0 Å². The first kappa shape index (κ1) is 14.1. The molecule has 3 aliphatic rings. The number of hydrogen-bond acceptors (Lipinski definition) is 4. The van der Waals surface area contributed by atoms with E-state index < -0.39 is 0 Å². The Morgan fingerprint density at radius 1 is 1.48 bits per heavy atom. The Bertz CT molecular complexity index is 573. The van der Waals surface area contributed by atoms with Gasteiger partial charge in [-0.15, -0.1) is 0 Å². The topological polar surface area (TPSA) is 52.6 Å². The van der Waals surface area contributed by atoms with Crippen LogP contribution in [-0.2, 0) is 19.1 Å². The summed E-state index contributed by atoms with van der Waals surface area (Å²) in [4.78, 5) is 22.9. The monoisotopic (exact) mass is 288 g/mol. The molecular formula is C17H20O4. The fourth-order valence-corrected chi connectivity index (χ4v) is 3.93. The number of carbonyl (C=O) groups is 2. The Morgan fingerprint density at radius 2 is 2.19 bits per heavy atom. The van der Waals surface area contributed by atoms with E-state index in [0.717, 1.165) is 18.4 Å². The maximum Gasteiger partial charge on any atom is 0.334 e. The fourth-order valence-electron chi connectivity index (χ4n) is 3.93. The zero-order valence-corrected chi connectivity index (χ0v) is 12.4. The zero-order chi connectivity index (χ0) is 15.4. The third-order valence-corrected chi connectivity index (χ3v) is 5.10. The van der Waals surface area contributed by atoms with Gasteiger partial charge in [0.25, 0.3) is 0 Å². The molecule has 3 rings (SSSR count). The van der Waals surface area contributed by atoms with Crippen LogP contribution < -0.4 is 0 Å². The summed E-state index contributed by atoms with van der Waals surface area (Å²) in [6.07, 6.45) is 5.05. The van der Waals surface area contributed by atoms with E-state index in [1.807, 2.05) is 6.08 Å². The van der Waals surface area contributed by atoms with Crippen LogP contribution >= 0.6 is 0 Å². The summed E-state index contributed by atoms with van der Waals surface area (Å²) in [6.45, 7) is 11.6. The average molecular weight is 288 g/mol. The maximum atomic E-state index is 11.7. The number of rotatable bonds is 1. The second-order valence-electron chi connectivity index (χ2n) is 6.54. The minimum absolute atomic E-state index is 0.0526. The van der Waals surface area contributed by atoms with Crippen molar-refractivity contribution in [1.82, 2.24) is 0 Å². The molecule has 2 aliphatic carbocycles. The minimum Gasteiger partial charge on any atom is -0.458 e. The molecule has 0 spiro atoms. The van der Waals surface area contributed by atoms with E-state index in [2.05, 4.69) is 26.2 Å². The van der Waals surface area contributed by atoms with Gasteiger partial charge in [0, 0.05) is 18.4 Å². The normalized spacial score (nSPS) is 41.3. The van der Waals surface area contributed by atoms with E-state index in [-0.39, 0.29) is 41.4 Å². The van der Waals surface area contributed by atoms with E-state index in [1.165, 1.54) is 6.92 Å². The molecular weight excluding hydrogens is 268 g/mol. The molecule has 1 saturated carbocycles. The Balaban J connectivity index is 1.89. The van der Waals surface area contributed by atoms with Gasteiger partial charge < -0.3 is 9.47 Å². The highest BCUT2D eigenvalue weighted by molar-refractivity contribution is 5.90. The van der Waals surface area contributed by atoms with Crippen LogP contribution in [0.25, 0.3) is 0 Å². The van der Waals surface area contributed by atoms with Crippen molar-refractivity contribution < 1.29 is 19.1 Å². The molecule has 1 saturated heterocycles. The lowest BCUT2D eigenvalue weighted by Crippen LogP contribution is -2.44. The summed E-state index contributed by atoms with van der Waals surface area (Å²) >= 11 is 0. The predicted octanol–water partition coefficient (Wildman–Crippen LogP) is 2.56. The summed E-state index contributed by atoms with van der Waals surface area (Å²) in [5, 5.41) is 0. The molecule has 0 aromatic rings. The van der Waals surface area contributed by atoms with Crippen LogP contribution in [0.1, 0.15) is 26.7 Å². The largest absolute Gasteiger partial charge is 0.458 e. The van der Waals surface area contributed by atoms with Crippen LogP contribution in [0.2, 0.25) is 0 Å². The highest BCUT2D eigenvalue weighted by Crippen LogP contribution is 2.54. The van der Waals surface area contributed by atoms with Gasteiger partial charge in [-0.05, 0) is 35.8 Å². The van der Waals surface area contributed by atoms with Crippen molar-refractivity contribution >= 4 is 11.9 Å². The number of hydrogen-bond donors (Lipinski definition) is 0. The number of ether oxygens (including phenoxy) is 2. The van der Waals surface area contributed by atoms with Gasteiger partial charge in [0.05, 0.1) is 0 Å². The first-order valence-corrected chi connectivity index (χ1v) is 7.27. The van der Waals surface area contributed by atoms with Crippen LogP contribution in [0.5, 0.6) is 0 Å². The summed E-state index contributed by atoms with van der Waals surface area (Å²) < 4.78 is 10.7. The molecule has 4 heteroatoms. The van der Waals surface area contributed by atoms with Gasteiger partial charge in [0.1, 0.15) is 12.2 Å². The molecule has 0 bridgehead atoms. The second kappa shape index (κ2) is 4.58. The lowest BCUT2D eigenvalue weighted by molar-refractivity contribution is -0.145. The molecule has 112 valence electrons. The van der Waals surface area contributed by atoms with Crippen LogP contribution in [0.4, 0.5) is 0 Å². The molecule has 0 aromatic heterocycles. The molecule has 0 aromatic carbocycles. The van der Waals surface area contributed by atoms with Crippen LogP contribution in [-0.4, -0.2) is 24.1 Å². The van der Waals surface area contributed by atoms with Gasteiger partial charge >= 0.3 is 11.9 Å². The zero-order valence-electron chi connectivity index (χ0n) is 12.4. The van der Waals surface area contributed by atoms with Crippen molar-refractivity contribution in [1.29, 1.82) is 0 Å². The summed E-state index contributed by atoms with van der Waals surface area (Å²) in [5.41, 5.74) is 1.36. The Hall–Kier alpha value is -1.84. The SMILES string of the molecule is C=C1C(=O)OC2CC3(C)C=CC(OC(C)=O)C(=C)C3CC12. The number of allylic oxidation sites excluding steroid dienone is 1. The van der Waals surface area contributed by atoms with Crippen molar-refractivity contribution in [2.75, 3.05) is 0 Å². The number of carbonyl (C=O) groups excluding carboxylic acids is 2. The van der Waals surface area contributed by atoms with Gasteiger partial charge in [-0.3, -0.25) is 4.79 Å². The number of esters is 2. The van der Waals surface area contributed by atoms with Gasteiger partial charge in [-0.1, -0.05) is 26.2 Å². The van der Waals surface area contributed by atoms with Gasteiger partial charge in [0.15, 0.2) is 0 Å². The molecule has 5 atom stereocenters. The molecule has 5 unspecified atom stereocenters. The highest BCUT2D eigenvalue weighted by Gasteiger charge is 2.53. The summed E-state index contributed by atoms with van der Waals surface area (Å²) in [5.74, 6) is -0.374. The highest BCUT2D eigenvalue weighted by atomic mass is 16.6. The van der Waals surface area contributed by atoms with Crippen molar-refractivity contribution in [3.05, 3.63) is 36.5 Å². The first-order chi connectivity index (χ1) is 9.82. The number of fused-ring (bicyclic) bond motifs is 2. The molecule has 0 amide bonds. The molecule has 4 nitrogen and oxygen atoms in total. The fraction of sp³-hybridized carbons (Fsp3) is 0.529. The van der Waals surface area contributed by atoms with Crippen molar-refractivity contribution in [2.45, 2.75) is 38.9 Å². The van der Waals surface area contributed by atoms with Crippen LogP contribution in [0.15, 0.2) is 36.5 Å². The van der Waals surface area contributed by atoms with Crippen LogP contribution in [0, 0.1) is 17.3 Å². The molecule has 2 fully saturated rings. The van der Waals surface area contributed by atoms with E-state index in [9.17, 15) is 9.59 Å². The van der Waals surface area contributed by atoms with Gasteiger partial charge in [-0.25, -0.2) is 4.79 Å². The summed E-state index contributed by atoms with van der Waals surface area (Å²) in [6, 6.07) is 0. The summed E-state index contributed by atoms with van der Waals surface area (Å²) in [7, 11) is 0. The van der Waals surface area contributed by atoms with E-state index in [0.29, 0.717) is 5.57 Å². The van der Waals surface area contributed by atoms with Crippen molar-refractivity contribution in [3.8, 4) is 0 Å². The molecule has 21 heavy (non-hydrogen) atoms. The Kier molecular flexibility index (Phi) is 3.08. The standard InChI is InChI=1S/C17H20O4/c1-9-12-7-13-10(2)14(20-11(3)18)5-6-17(13,4)8-15(12)21-16(9)19/h5-6,12-15H,1-2,7-8H2,3-4H3. The average Bonchev–Trinajstić information content (AvgIpc) is 2.66. The van der Waals surface area contributed by atoms with Crippen LogP contribution in [0.3, 0.4) is 0 Å². The second-order valence-corrected chi connectivity index (χ2v) is 6.54. The third-order valence-electron chi connectivity index (χ3n) is 5.10. The maximum absolute atomic E-state index is 11.7. The predicted molar refractivity (Wildman–Crippen MR) is 77.2 cm³/mol. The van der Waals surface area contributed by atoms with E-state index >= 15 is 0 Å². The lowest BCUT2D eigenvalue weighted by atomic mass is 9.58. The molecule has 1 aliphatic heterocycles. The Morgan fingerprint density at radius 3 is 2.86 bits per heavy atom. The smallest absolute Gasteiger partial charge is 0.334 e. The first-order valence-electron chi connectivity index (χ1n) is 7.27. The lowest BCUT2D eigenvalue weighted by Gasteiger charge is -2.48. The molecule has 0 radical (unpaired) electrons. The minimum atomic E-state index is -0.372. The molecule has 0 N–H and O–H groups in total. The van der Waals surface area contributed by atoms with Crippen molar-refractivity contribution in [2.24, 2.45) is 17.3 Å². The van der Waals surface area contributed by atoms with Gasteiger partial charge in [0.2, 0.25) is 0 Å². The molecule has 1 heterocycles. The van der Waals surface area contributed by atoms with E-state index in [4.69, 9.17) is 9.47 Å².